The minimum absolute atomic E-state index is 0.199. The van der Waals surface area contributed by atoms with E-state index in [4.69, 9.17) is 4.74 Å². The van der Waals surface area contributed by atoms with E-state index in [0.29, 0.717) is 23.6 Å². The van der Waals surface area contributed by atoms with Gasteiger partial charge in [0, 0.05) is 24.1 Å². The first-order valence-corrected chi connectivity index (χ1v) is 7.65. The van der Waals surface area contributed by atoms with Crippen molar-refractivity contribution >= 4 is 17.7 Å². The SMILES string of the molecule is CCOC(=O)C(C)(CSc1nccc(=O)[nH]1)NC1CC1. The minimum Gasteiger partial charge on any atom is -0.465 e. The second kappa shape index (κ2) is 6.41. The molecule has 1 aliphatic rings. The summed E-state index contributed by atoms with van der Waals surface area (Å²) in [5.41, 5.74) is -0.966. The Kier molecular flexibility index (Phi) is 4.82. The number of thioether (sulfide) groups is 1. The topological polar surface area (TPSA) is 84.1 Å². The maximum Gasteiger partial charge on any atom is 0.326 e. The highest BCUT2D eigenvalue weighted by Crippen LogP contribution is 2.26. The van der Waals surface area contributed by atoms with E-state index in [-0.39, 0.29) is 11.5 Å². The van der Waals surface area contributed by atoms with E-state index in [9.17, 15) is 9.59 Å². The lowest BCUT2D eigenvalue weighted by atomic mass is 10.1. The number of rotatable bonds is 7. The molecule has 1 saturated carbocycles. The van der Waals surface area contributed by atoms with Crippen molar-refractivity contribution in [3.63, 3.8) is 0 Å². The molecule has 110 valence electrons. The Labute approximate surface area is 121 Å². The Hall–Kier alpha value is -1.34. The Bertz CT molecular complexity index is 530. The van der Waals surface area contributed by atoms with Gasteiger partial charge in [0.05, 0.1) is 6.61 Å². The molecule has 1 aromatic heterocycles. The molecule has 0 saturated heterocycles. The van der Waals surface area contributed by atoms with Crippen LogP contribution in [0.1, 0.15) is 26.7 Å². The van der Waals surface area contributed by atoms with Crippen LogP contribution in [0, 0.1) is 0 Å². The summed E-state index contributed by atoms with van der Waals surface area (Å²) in [6.45, 7) is 3.97. The van der Waals surface area contributed by atoms with Crippen LogP contribution in [-0.2, 0) is 9.53 Å². The van der Waals surface area contributed by atoms with Crippen molar-refractivity contribution in [3.8, 4) is 0 Å². The van der Waals surface area contributed by atoms with Crippen LogP contribution in [-0.4, -0.2) is 39.9 Å². The molecule has 1 aromatic rings. The van der Waals surface area contributed by atoms with Gasteiger partial charge in [-0.3, -0.25) is 14.9 Å². The lowest BCUT2D eigenvalue weighted by molar-refractivity contribution is -0.149. The smallest absolute Gasteiger partial charge is 0.326 e. The molecule has 0 aliphatic heterocycles. The molecule has 6 nitrogen and oxygen atoms in total. The van der Waals surface area contributed by atoms with Gasteiger partial charge in [-0.25, -0.2) is 4.98 Å². The van der Waals surface area contributed by atoms with Gasteiger partial charge in [-0.1, -0.05) is 11.8 Å². The minimum atomic E-state index is -0.768. The molecule has 1 fully saturated rings. The van der Waals surface area contributed by atoms with Crippen molar-refractivity contribution in [3.05, 3.63) is 22.6 Å². The van der Waals surface area contributed by atoms with Gasteiger partial charge in [0.15, 0.2) is 5.16 Å². The number of ether oxygens (including phenoxy) is 1. The summed E-state index contributed by atoms with van der Waals surface area (Å²) in [4.78, 5) is 30.1. The highest BCUT2D eigenvalue weighted by Gasteiger charge is 2.39. The number of carbonyl (C=O) groups is 1. The van der Waals surface area contributed by atoms with Gasteiger partial charge in [-0.05, 0) is 26.7 Å². The zero-order chi connectivity index (χ0) is 14.6. The summed E-state index contributed by atoms with van der Waals surface area (Å²) in [5, 5.41) is 3.83. The molecule has 2 rings (SSSR count). The van der Waals surface area contributed by atoms with E-state index in [1.54, 1.807) is 6.92 Å². The molecular weight excluding hydrogens is 278 g/mol. The number of carbonyl (C=O) groups excluding carboxylic acids is 1. The molecule has 0 spiro atoms. The Morgan fingerprint density at radius 2 is 2.40 bits per heavy atom. The van der Waals surface area contributed by atoms with Gasteiger partial charge in [0.1, 0.15) is 5.54 Å². The van der Waals surface area contributed by atoms with E-state index in [2.05, 4.69) is 15.3 Å². The second-order valence-electron chi connectivity index (χ2n) is 5.00. The summed E-state index contributed by atoms with van der Waals surface area (Å²) >= 11 is 1.34. The van der Waals surface area contributed by atoms with E-state index in [1.165, 1.54) is 24.0 Å². The van der Waals surface area contributed by atoms with Crippen molar-refractivity contribution in [2.24, 2.45) is 0 Å². The maximum atomic E-state index is 12.1. The first kappa shape index (κ1) is 15.1. The highest BCUT2D eigenvalue weighted by atomic mass is 32.2. The Balaban J connectivity index is 2.03. The van der Waals surface area contributed by atoms with Gasteiger partial charge >= 0.3 is 5.97 Å². The normalized spacial score (nSPS) is 17.5. The molecule has 0 amide bonds. The molecule has 0 bridgehead atoms. The van der Waals surface area contributed by atoms with E-state index < -0.39 is 5.54 Å². The van der Waals surface area contributed by atoms with Crippen LogP contribution in [0.25, 0.3) is 0 Å². The van der Waals surface area contributed by atoms with Gasteiger partial charge in [0.25, 0.3) is 5.56 Å². The molecule has 1 heterocycles. The highest BCUT2D eigenvalue weighted by molar-refractivity contribution is 7.99. The van der Waals surface area contributed by atoms with Crippen molar-refractivity contribution < 1.29 is 9.53 Å². The maximum absolute atomic E-state index is 12.1. The Morgan fingerprint density at radius 3 is 3.00 bits per heavy atom. The monoisotopic (exact) mass is 297 g/mol. The van der Waals surface area contributed by atoms with Gasteiger partial charge in [-0.2, -0.15) is 0 Å². The number of nitrogens with zero attached hydrogens (tertiary/aromatic N) is 1. The van der Waals surface area contributed by atoms with Crippen LogP contribution in [0.15, 0.2) is 22.2 Å². The van der Waals surface area contributed by atoms with Crippen molar-refractivity contribution in [2.75, 3.05) is 12.4 Å². The summed E-state index contributed by atoms with van der Waals surface area (Å²) < 4.78 is 5.14. The number of H-pyrrole nitrogens is 1. The second-order valence-corrected chi connectivity index (χ2v) is 5.96. The fourth-order valence-corrected chi connectivity index (χ4v) is 2.70. The lowest BCUT2D eigenvalue weighted by Crippen LogP contribution is -2.53. The van der Waals surface area contributed by atoms with Crippen LogP contribution in [0.2, 0.25) is 0 Å². The van der Waals surface area contributed by atoms with Crippen LogP contribution in [0.5, 0.6) is 0 Å². The van der Waals surface area contributed by atoms with Gasteiger partial charge < -0.3 is 9.72 Å². The first-order chi connectivity index (χ1) is 9.53. The fraction of sp³-hybridized carbons (Fsp3) is 0.615. The average molecular weight is 297 g/mol. The third-order valence-corrected chi connectivity index (χ3v) is 4.17. The predicted octanol–water partition coefficient (Wildman–Crippen LogP) is 0.936. The van der Waals surface area contributed by atoms with E-state index >= 15 is 0 Å². The average Bonchev–Trinajstić information content (AvgIpc) is 3.21. The third kappa shape index (κ3) is 4.08. The largest absolute Gasteiger partial charge is 0.465 e. The van der Waals surface area contributed by atoms with Crippen molar-refractivity contribution in [1.82, 2.24) is 15.3 Å². The van der Waals surface area contributed by atoms with Crippen LogP contribution in [0.4, 0.5) is 0 Å². The number of hydrogen-bond acceptors (Lipinski definition) is 6. The molecule has 2 N–H and O–H groups in total. The summed E-state index contributed by atoms with van der Waals surface area (Å²) in [6.07, 6.45) is 3.62. The Morgan fingerprint density at radius 1 is 1.65 bits per heavy atom. The quantitative estimate of drug-likeness (QED) is 0.442. The zero-order valence-corrected chi connectivity index (χ0v) is 12.5. The first-order valence-electron chi connectivity index (χ1n) is 6.66. The molecule has 7 heteroatoms. The molecular formula is C13H19N3O3S. The molecule has 1 atom stereocenters. The van der Waals surface area contributed by atoms with Crippen LogP contribution < -0.4 is 10.9 Å². The third-order valence-electron chi connectivity index (χ3n) is 2.97. The van der Waals surface area contributed by atoms with Gasteiger partial charge in [-0.15, -0.1) is 0 Å². The van der Waals surface area contributed by atoms with Crippen molar-refractivity contribution in [2.45, 2.75) is 43.4 Å². The summed E-state index contributed by atoms with van der Waals surface area (Å²) in [7, 11) is 0. The molecule has 1 aliphatic carbocycles. The lowest BCUT2D eigenvalue weighted by Gasteiger charge is -2.28. The number of nitrogens with one attached hydrogen (secondary N) is 2. The predicted molar refractivity (Wildman–Crippen MR) is 76.8 cm³/mol. The molecule has 0 radical (unpaired) electrons. The van der Waals surface area contributed by atoms with E-state index in [0.717, 1.165) is 12.8 Å². The number of aromatic amines is 1. The molecule has 0 aromatic carbocycles. The fourth-order valence-electron chi connectivity index (χ4n) is 1.77. The standard InChI is InChI=1S/C13H19N3O3S/c1-3-19-11(18)13(2,16-9-4-5-9)8-20-12-14-7-6-10(17)15-12/h6-7,9,16H,3-5,8H2,1-2H3,(H,14,15,17). The summed E-state index contributed by atoms with van der Waals surface area (Å²) in [6, 6.07) is 1.74. The van der Waals surface area contributed by atoms with E-state index in [1.807, 2.05) is 6.92 Å². The number of aromatic nitrogens is 2. The molecule has 20 heavy (non-hydrogen) atoms. The number of esters is 1. The zero-order valence-electron chi connectivity index (χ0n) is 11.6. The van der Waals surface area contributed by atoms with Crippen LogP contribution >= 0.6 is 11.8 Å². The van der Waals surface area contributed by atoms with Gasteiger partial charge in [0.2, 0.25) is 0 Å². The van der Waals surface area contributed by atoms with Crippen LogP contribution in [0.3, 0.4) is 0 Å². The summed E-state index contributed by atoms with van der Waals surface area (Å²) in [5.74, 6) is 0.188. The molecule has 1 unspecified atom stereocenters. The number of hydrogen-bond donors (Lipinski definition) is 2. The van der Waals surface area contributed by atoms with Crippen molar-refractivity contribution in [1.29, 1.82) is 0 Å².